The maximum Gasteiger partial charge on any atom is 0.135 e. The van der Waals surface area contributed by atoms with Crippen molar-refractivity contribution in [1.29, 1.82) is 0 Å². The molecule has 0 saturated carbocycles. The highest BCUT2D eigenvalue weighted by Crippen LogP contribution is 2.24. The zero-order chi connectivity index (χ0) is 15.3. The summed E-state index contributed by atoms with van der Waals surface area (Å²) >= 11 is 0. The Labute approximate surface area is 122 Å². The van der Waals surface area contributed by atoms with Gasteiger partial charge in [-0.25, -0.2) is 9.97 Å². The summed E-state index contributed by atoms with van der Waals surface area (Å²) in [5.74, 6) is 3.09. The van der Waals surface area contributed by atoms with Gasteiger partial charge in [0.15, 0.2) is 0 Å². The molecule has 0 aromatic carbocycles. The molecule has 1 rings (SSSR count). The van der Waals surface area contributed by atoms with Crippen molar-refractivity contribution >= 4 is 11.6 Å². The van der Waals surface area contributed by atoms with Crippen LogP contribution in [0.2, 0.25) is 0 Å². The molecule has 114 valence electrons. The Bertz CT molecular complexity index is 432. The summed E-state index contributed by atoms with van der Waals surface area (Å²) in [5.41, 5.74) is 0.996. The lowest BCUT2D eigenvalue weighted by atomic mass is 10.1. The molecular weight excluding hydrogens is 252 g/mol. The molecule has 0 aliphatic heterocycles. The Balaban J connectivity index is 3.15. The van der Waals surface area contributed by atoms with Crippen molar-refractivity contribution < 1.29 is 5.11 Å². The number of hydrogen-bond acceptors (Lipinski definition) is 5. The number of nitrogens with zero attached hydrogens (tertiary/aromatic N) is 2. The van der Waals surface area contributed by atoms with Crippen LogP contribution in [0, 0.1) is 12.8 Å². The maximum atomic E-state index is 9.48. The van der Waals surface area contributed by atoms with Crippen molar-refractivity contribution in [2.24, 2.45) is 5.92 Å². The third kappa shape index (κ3) is 4.07. The molecule has 0 spiro atoms. The largest absolute Gasteiger partial charge is 0.394 e. The van der Waals surface area contributed by atoms with Gasteiger partial charge in [-0.05, 0) is 19.8 Å². The number of aromatic nitrogens is 2. The quantitative estimate of drug-likeness (QED) is 0.716. The van der Waals surface area contributed by atoms with E-state index in [1.807, 2.05) is 13.8 Å². The van der Waals surface area contributed by atoms with E-state index >= 15 is 0 Å². The number of anilines is 2. The van der Waals surface area contributed by atoms with E-state index in [2.05, 4.69) is 48.3 Å². The fourth-order valence-electron chi connectivity index (χ4n) is 1.87. The van der Waals surface area contributed by atoms with Crippen LogP contribution in [0.25, 0.3) is 0 Å². The minimum Gasteiger partial charge on any atom is -0.394 e. The summed E-state index contributed by atoms with van der Waals surface area (Å²) in [7, 11) is 0. The molecule has 0 saturated heterocycles. The van der Waals surface area contributed by atoms with E-state index in [4.69, 9.17) is 0 Å². The Morgan fingerprint density at radius 1 is 1.10 bits per heavy atom. The summed E-state index contributed by atoms with van der Waals surface area (Å²) in [6.45, 7) is 13.3. The van der Waals surface area contributed by atoms with Gasteiger partial charge in [0.25, 0.3) is 0 Å². The fraction of sp³-hybridized carbons (Fsp3) is 0.733. The van der Waals surface area contributed by atoms with Crippen LogP contribution < -0.4 is 10.6 Å². The first-order chi connectivity index (χ1) is 9.40. The second-order valence-corrected chi connectivity index (χ2v) is 5.77. The molecule has 0 bridgehead atoms. The minimum atomic E-state index is -0.00177. The molecule has 0 fully saturated rings. The van der Waals surface area contributed by atoms with Gasteiger partial charge in [-0.2, -0.15) is 0 Å². The fourth-order valence-corrected chi connectivity index (χ4v) is 1.87. The number of hydrogen-bond donors (Lipinski definition) is 3. The van der Waals surface area contributed by atoms with E-state index in [-0.39, 0.29) is 18.6 Å². The van der Waals surface area contributed by atoms with E-state index < -0.39 is 0 Å². The third-order valence-corrected chi connectivity index (χ3v) is 3.35. The highest BCUT2D eigenvalue weighted by molar-refractivity contribution is 5.57. The van der Waals surface area contributed by atoms with Crippen LogP contribution >= 0.6 is 0 Å². The van der Waals surface area contributed by atoms with Gasteiger partial charge in [0, 0.05) is 18.0 Å². The Morgan fingerprint density at radius 2 is 1.70 bits per heavy atom. The summed E-state index contributed by atoms with van der Waals surface area (Å²) < 4.78 is 0. The Kier molecular flexibility index (Phi) is 6.20. The second kappa shape index (κ2) is 7.43. The molecule has 20 heavy (non-hydrogen) atoms. The van der Waals surface area contributed by atoms with Crippen LogP contribution in [-0.4, -0.2) is 34.3 Å². The van der Waals surface area contributed by atoms with Gasteiger partial charge in [0.1, 0.15) is 17.5 Å². The highest BCUT2D eigenvalue weighted by atomic mass is 16.3. The van der Waals surface area contributed by atoms with Gasteiger partial charge >= 0.3 is 0 Å². The molecular formula is C15H28N4O. The van der Waals surface area contributed by atoms with Crippen LogP contribution in [0.15, 0.2) is 0 Å². The van der Waals surface area contributed by atoms with Gasteiger partial charge in [0.2, 0.25) is 0 Å². The van der Waals surface area contributed by atoms with Gasteiger partial charge < -0.3 is 15.7 Å². The van der Waals surface area contributed by atoms with Crippen molar-refractivity contribution in [1.82, 2.24) is 9.97 Å². The Hall–Kier alpha value is -1.36. The number of nitrogens with one attached hydrogen (secondary N) is 2. The van der Waals surface area contributed by atoms with Gasteiger partial charge in [-0.15, -0.1) is 0 Å². The smallest absolute Gasteiger partial charge is 0.135 e. The highest BCUT2D eigenvalue weighted by Gasteiger charge is 2.17. The molecule has 1 atom stereocenters. The van der Waals surface area contributed by atoms with Crippen LogP contribution in [0.1, 0.15) is 51.9 Å². The minimum absolute atomic E-state index is 0.00177. The molecule has 3 N–H and O–H groups in total. The average molecular weight is 280 g/mol. The summed E-state index contributed by atoms with van der Waals surface area (Å²) in [6.07, 6.45) is 0. The second-order valence-electron chi connectivity index (χ2n) is 5.77. The molecule has 1 heterocycles. The van der Waals surface area contributed by atoms with Crippen molar-refractivity contribution in [2.75, 3.05) is 23.8 Å². The van der Waals surface area contributed by atoms with Crippen molar-refractivity contribution in [2.45, 2.75) is 53.5 Å². The number of rotatable bonds is 7. The maximum absolute atomic E-state index is 9.48. The van der Waals surface area contributed by atoms with Gasteiger partial charge in [-0.1, -0.05) is 27.7 Å². The first-order valence-electron chi connectivity index (χ1n) is 7.40. The van der Waals surface area contributed by atoms with E-state index in [1.54, 1.807) is 0 Å². The van der Waals surface area contributed by atoms with E-state index in [0.29, 0.717) is 5.92 Å². The third-order valence-electron chi connectivity index (χ3n) is 3.35. The molecule has 5 nitrogen and oxygen atoms in total. The SMILES string of the molecule is CCNc1nc(C(C)C)nc(N[C@H](CO)C(C)C)c1C. The zero-order valence-electron chi connectivity index (χ0n) is 13.5. The number of aliphatic hydroxyl groups excluding tert-OH is 1. The van der Waals surface area contributed by atoms with Crippen LogP contribution in [0.3, 0.4) is 0 Å². The predicted molar refractivity (Wildman–Crippen MR) is 84.4 cm³/mol. The molecule has 0 aliphatic rings. The normalized spacial score (nSPS) is 12.8. The standard InChI is InChI=1S/C15H28N4O/c1-7-16-14-11(6)15(17-12(8-20)9(2)3)19-13(18-14)10(4)5/h9-10,12,20H,7-8H2,1-6H3,(H2,16,17,18,19)/t12-/m1/s1. The lowest BCUT2D eigenvalue weighted by Gasteiger charge is -2.23. The lowest BCUT2D eigenvalue weighted by molar-refractivity contribution is 0.249. The molecule has 1 aromatic rings. The summed E-state index contributed by atoms with van der Waals surface area (Å²) in [5, 5.41) is 16.1. The monoisotopic (exact) mass is 280 g/mol. The molecule has 0 radical (unpaired) electrons. The topological polar surface area (TPSA) is 70.1 Å². The van der Waals surface area contributed by atoms with Gasteiger partial charge in [-0.3, -0.25) is 0 Å². The van der Waals surface area contributed by atoms with Crippen LogP contribution in [0.4, 0.5) is 11.6 Å². The van der Waals surface area contributed by atoms with Crippen LogP contribution in [0.5, 0.6) is 0 Å². The van der Waals surface area contributed by atoms with E-state index in [0.717, 1.165) is 29.6 Å². The first-order valence-corrected chi connectivity index (χ1v) is 7.40. The predicted octanol–water partition coefficient (Wildman–Crippen LogP) is 2.77. The lowest BCUT2D eigenvalue weighted by Crippen LogP contribution is -2.30. The molecule has 0 aliphatic carbocycles. The van der Waals surface area contributed by atoms with Crippen LogP contribution in [-0.2, 0) is 0 Å². The average Bonchev–Trinajstić information content (AvgIpc) is 2.39. The summed E-state index contributed by atoms with van der Waals surface area (Å²) in [6, 6.07) is -0.00177. The van der Waals surface area contributed by atoms with Crippen molar-refractivity contribution in [3.05, 3.63) is 11.4 Å². The van der Waals surface area contributed by atoms with Gasteiger partial charge in [0.05, 0.1) is 12.6 Å². The van der Waals surface area contributed by atoms with E-state index in [9.17, 15) is 5.11 Å². The van der Waals surface area contributed by atoms with Crippen molar-refractivity contribution in [3.63, 3.8) is 0 Å². The first kappa shape index (κ1) is 16.7. The molecule has 0 unspecified atom stereocenters. The molecule has 1 aromatic heterocycles. The van der Waals surface area contributed by atoms with E-state index in [1.165, 1.54) is 0 Å². The van der Waals surface area contributed by atoms with Crippen molar-refractivity contribution in [3.8, 4) is 0 Å². The molecule has 0 amide bonds. The molecule has 5 heteroatoms. The number of aliphatic hydroxyl groups is 1. The Morgan fingerprint density at radius 3 is 2.15 bits per heavy atom. The summed E-state index contributed by atoms with van der Waals surface area (Å²) in [4.78, 5) is 9.19. The zero-order valence-corrected chi connectivity index (χ0v) is 13.5.